The van der Waals surface area contributed by atoms with E-state index in [4.69, 9.17) is 10.8 Å². The average molecular weight is 143 g/mol. The predicted molar refractivity (Wildman–Crippen MR) is 37.6 cm³/mol. The molecule has 0 aromatic rings. The van der Waals surface area contributed by atoms with Crippen molar-refractivity contribution in [3.8, 4) is 0 Å². The summed E-state index contributed by atoms with van der Waals surface area (Å²) in [6, 6.07) is 0. The minimum atomic E-state index is -1.03. The Morgan fingerprint density at radius 3 is 2.20 bits per heavy atom. The molecule has 0 radical (unpaired) electrons. The van der Waals surface area contributed by atoms with Gasteiger partial charge < -0.3 is 10.8 Å². The lowest BCUT2D eigenvalue weighted by Gasteiger charge is -2.26. The van der Waals surface area contributed by atoms with Crippen LogP contribution in [0.3, 0.4) is 0 Å². The van der Waals surface area contributed by atoms with Crippen molar-refractivity contribution in [3.05, 3.63) is 0 Å². The zero-order valence-electron chi connectivity index (χ0n) is 6.35. The van der Waals surface area contributed by atoms with E-state index in [-0.39, 0.29) is 5.41 Å². The fourth-order valence-corrected chi connectivity index (χ4v) is 0.965. The molecule has 3 N–H and O–H groups in total. The van der Waals surface area contributed by atoms with Crippen molar-refractivity contribution in [2.24, 2.45) is 11.1 Å². The topological polar surface area (TPSA) is 63.3 Å². The van der Waals surface area contributed by atoms with E-state index in [0.717, 1.165) is 12.8 Å². The summed E-state index contributed by atoms with van der Waals surface area (Å²) in [5.41, 5.74) is 4.41. The van der Waals surface area contributed by atoms with Crippen molar-refractivity contribution in [3.63, 3.8) is 0 Å². The first kappa shape index (κ1) is 7.54. The first-order valence-electron chi connectivity index (χ1n) is 3.42. The summed E-state index contributed by atoms with van der Waals surface area (Å²) in [7, 11) is 0. The maximum absolute atomic E-state index is 10.6. The van der Waals surface area contributed by atoms with Crippen LogP contribution in [0.15, 0.2) is 0 Å². The van der Waals surface area contributed by atoms with Crippen LogP contribution in [0.5, 0.6) is 0 Å². The van der Waals surface area contributed by atoms with Gasteiger partial charge in [0.1, 0.15) is 5.54 Å². The normalized spacial score (nSPS) is 27.1. The van der Waals surface area contributed by atoms with Gasteiger partial charge in [-0.3, -0.25) is 4.79 Å². The van der Waals surface area contributed by atoms with E-state index >= 15 is 0 Å². The van der Waals surface area contributed by atoms with Gasteiger partial charge in [-0.1, -0.05) is 6.92 Å². The summed E-state index contributed by atoms with van der Waals surface area (Å²) in [6.45, 7) is 3.50. The van der Waals surface area contributed by atoms with Gasteiger partial charge in [-0.25, -0.2) is 0 Å². The first-order valence-corrected chi connectivity index (χ1v) is 3.42. The van der Waals surface area contributed by atoms with Crippen LogP contribution in [0.4, 0.5) is 0 Å². The van der Waals surface area contributed by atoms with Gasteiger partial charge in [0.05, 0.1) is 0 Å². The molecule has 0 amide bonds. The van der Waals surface area contributed by atoms with Crippen molar-refractivity contribution < 1.29 is 9.90 Å². The van der Waals surface area contributed by atoms with E-state index in [0.29, 0.717) is 0 Å². The van der Waals surface area contributed by atoms with Gasteiger partial charge in [-0.2, -0.15) is 0 Å². The molecule has 1 aliphatic rings. The highest BCUT2D eigenvalue weighted by atomic mass is 16.4. The molecule has 0 aromatic carbocycles. The molecule has 3 heteroatoms. The summed E-state index contributed by atoms with van der Waals surface area (Å²) < 4.78 is 0. The van der Waals surface area contributed by atoms with Gasteiger partial charge in [0.25, 0.3) is 0 Å². The Labute approximate surface area is 60.2 Å². The van der Waals surface area contributed by atoms with E-state index in [1.165, 1.54) is 0 Å². The maximum atomic E-state index is 10.6. The van der Waals surface area contributed by atoms with Crippen LogP contribution in [0, 0.1) is 5.41 Å². The van der Waals surface area contributed by atoms with E-state index in [1.807, 2.05) is 6.92 Å². The minimum absolute atomic E-state index is 0.154. The number of carboxylic acid groups (broad SMARTS) is 1. The van der Waals surface area contributed by atoms with Crippen molar-refractivity contribution in [1.82, 2.24) is 0 Å². The van der Waals surface area contributed by atoms with Gasteiger partial charge >= 0.3 is 5.97 Å². The Morgan fingerprint density at radius 2 is 2.10 bits per heavy atom. The van der Waals surface area contributed by atoms with Gasteiger partial charge in [0.2, 0.25) is 0 Å². The summed E-state index contributed by atoms with van der Waals surface area (Å²) in [6.07, 6.45) is 1.87. The molecule has 1 fully saturated rings. The number of hydrogen-bond donors (Lipinski definition) is 2. The number of nitrogens with two attached hydrogens (primary N) is 1. The molecule has 1 rings (SSSR count). The van der Waals surface area contributed by atoms with E-state index < -0.39 is 11.5 Å². The van der Waals surface area contributed by atoms with Crippen molar-refractivity contribution >= 4 is 5.97 Å². The van der Waals surface area contributed by atoms with Crippen LogP contribution in [0.25, 0.3) is 0 Å². The number of rotatable bonds is 2. The monoisotopic (exact) mass is 143 g/mol. The van der Waals surface area contributed by atoms with E-state index in [1.54, 1.807) is 6.92 Å². The Bertz CT molecular complexity index is 170. The molecule has 3 nitrogen and oxygen atoms in total. The van der Waals surface area contributed by atoms with Crippen LogP contribution in [0.1, 0.15) is 26.7 Å². The predicted octanol–water partition coefficient (Wildman–Crippen LogP) is 0.588. The van der Waals surface area contributed by atoms with Crippen molar-refractivity contribution in [2.75, 3.05) is 0 Å². The molecule has 1 saturated carbocycles. The molecular formula is C7H13NO2. The van der Waals surface area contributed by atoms with Gasteiger partial charge in [-0.05, 0) is 25.2 Å². The molecular weight excluding hydrogens is 130 g/mol. The molecule has 0 bridgehead atoms. The molecule has 1 atom stereocenters. The fraction of sp³-hybridized carbons (Fsp3) is 0.857. The number of aliphatic carboxylic acids is 1. The Hall–Kier alpha value is -0.570. The number of hydrogen-bond acceptors (Lipinski definition) is 2. The van der Waals surface area contributed by atoms with Crippen LogP contribution in [0.2, 0.25) is 0 Å². The second kappa shape index (κ2) is 1.72. The third-order valence-corrected chi connectivity index (χ3v) is 2.70. The van der Waals surface area contributed by atoms with Gasteiger partial charge in [0, 0.05) is 0 Å². The molecule has 0 saturated heterocycles. The second-order valence-corrected chi connectivity index (χ2v) is 3.57. The Balaban J connectivity index is 2.77. The van der Waals surface area contributed by atoms with Crippen LogP contribution in [-0.4, -0.2) is 16.6 Å². The zero-order valence-corrected chi connectivity index (χ0v) is 6.35. The molecule has 0 heterocycles. The Morgan fingerprint density at radius 1 is 1.70 bits per heavy atom. The van der Waals surface area contributed by atoms with Crippen molar-refractivity contribution in [2.45, 2.75) is 32.2 Å². The van der Waals surface area contributed by atoms with E-state index in [2.05, 4.69) is 0 Å². The molecule has 58 valence electrons. The lowest BCUT2D eigenvalue weighted by Crippen LogP contribution is -2.51. The molecule has 0 spiro atoms. The average Bonchev–Trinajstić information content (AvgIpc) is 2.48. The fourth-order valence-electron chi connectivity index (χ4n) is 0.965. The zero-order chi connectivity index (χ0) is 7.99. The molecule has 1 unspecified atom stereocenters. The summed E-state index contributed by atoms with van der Waals surface area (Å²) in [5, 5.41) is 8.69. The second-order valence-electron chi connectivity index (χ2n) is 3.57. The standard InChI is InChI=1S/C7H13NO2/c1-6(3-4-6)7(2,8)5(9)10/h3-4,8H2,1-2H3,(H,9,10). The lowest BCUT2D eigenvalue weighted by molar-refractivity contribution is -0.145. The SMILES string of the molecule is CC1(C(C)(N)C(=O)O)CC1. The van der Waals surface area contributed by atoms with E-state index in [9.17, 15) is 4.79 Å². The smallest absolute Gasteiger partial charge is 0.323 e. The Kier molecular flexibility index (Phi) is 1.30. The number of carbonyl (C=O) groups is 1. The molecule has 0 aromatic heterocycles. The first-order chi connectivity index (χ1) is 4.40. The molecule has 10 heavy (non-hydrogen) atoms. The highest BCUT2D eigenvalue weighted by Gasteiger charge is 2.55. The van der Waals surface area contributed by atoms with Gasteiger partial charge in [-0.15, -0.1) is 0 Å². The van der Waals surface area contributed by atoms with Crippen molar-refractivity contribution in [1.29, 1.82) is 0 Å². The third-order valence-electron chi connectivity index (χ3n) is 2.70. The third kappa shape index (κ3) is 0.814. The molecule has 0 aliphatic heterocycles. The lowest BCUT2D eigenvalue weighted by atomic mass is 9.85. The number of carboxylic acids is 1. The molecule has 1 aliphatic carbocycles. The van der Waals surface area contributed by atoms with Crippen LogP contribution >= 0.6 is 0 Å². The highest BCUT2D eigenvalue weighted by Crippen LogP contribution is 2.52. The maximum Gasteiger partial charge on any atom is 0.323 e. The summed E-state index contributed by atoms with van der Waals surface area (Å²) in [5.74, 6) is -0.896. The quantitative estimate of drug-likeness (QED) is 0.594. The summed E-state index contributed by atoms with van der Waals surface area (Å²) >= 11 is 0. The van der Waals surface area contributed by atoms with Gasteiger partial charge in [0.15, 0.2) is 0 Å². The minimum Gasteiger partial charge on any atom is -0.480 e. The summed E-state index contributed by atoms with van der Waals surface area (Å²) in [4.78, 5) is 10.6. The largest absolute Gasteiger partial charge is 0.480 e. The van der Waals surface area contributed by atoms with Crippen LogP contribution < -0.4 is 5.73 Å². The van der Waals surface area contributed by atoms with Crippen LogP contribution in [-0.2, 0) is 4.79 Å². The highest BCUT2D eigenvalue weighted by molar-refractivity contribution is 5.79.